The van der Waals surface area contributed by atoms with E-state index in [1.807, 2.05) is 11.9 Å². The van der Waals surface area contributed by atoms with Crippen LogP contribution in [0.5, 0.6) is 0 Å². The summed E-state index contributed by atoms with van der Waals surface area (Å²) in [5.41, 5.74) is 0. The van der Waals surface area contributed by atoms with Crippen molar-refractivity contribution in [3.8, 4) is 0 Å². The number of aromatic nitrogens is 2. The van der Waals surface area contributed by atoms with Gasteiger partial charge in [0.2, 0.25) is 5.91 Å². The predicted molar refractivity (Wildman–Crippen MR) is 86.6 cm³/mol. The van der Waals surface area contributed by atoms with Crippen LogP contribution in [0, 0.1) is 0 Å². The lowest BCUT2D eigenvalue weighted by molar-refractivity contribution is -0.129. The average molecular weight is 317 g/mol. The summed E-state index contributed by atoms with van der Waals surface area (Å²) in [6.45, 7) is 4.00. The van der Waals surface area contributed by atoms with Crippen molar-refractivity contribution in [3.63, 3.8) is 0 Å². The van der Waals surface area contributed by atoms with Gasteiger partial charge in [-0.2, -0.15) is 0 Å². The lowest BCUT2D eigenvalue weighted by Gasteiger charge is -2.31. The second-order valence-corrected chi connectivity index (χ2v) is 6.60. The van der Waals surface area contributed by atoms with Gasteiger partial charge in [-0.05, 0) is 12.8 Å². The minimum atomic E-state index is 0.240. The van der Waals surface area contributed by atoms with Gasteiger partial charge in [-0.3, -0.25) is 4.79 Å². The molecule has 3 aliphatic rings. The van der Waals surface area contributed by atoms with Crippen molar-refractivity contribution in [3.05, 3.63) is 12.4 Å². The largest absolute Gasteiger partial charge is 0.378 e. The van der Waals surface area contributed by atoms with Crippen LogP contribution in [-0.4, -0.2) is 72.8 Å². The van der Waals surface area contributed by atoms with Gasteiger partial charge in [0.05, 0.1) is 13.2 Å². The number of carbonyl (C=O) groups excluding carboxylic acids is 1. The Morgan fingerprint density at radius 2 is 1.87 bits per heavy atom. The summed E-state index contributed by atoms with van der Waals surface area (Å²) in [5.74, 6) is 2.16. The second kappa shape index (κ2) is 5.96. The van der Waals surface area contributed by atoms with Crippen molar-refractivity contribution < 1.29 is 9.53 Å². The van der Waals surface area contributed by atoms with Crippen molar-refractivity contribution in [2.75, 3.05) is 49.7 Å². The van der Waals surface area contributed by atoms with Crippen LogP contribution in [0.4, 0.5) is 11.6 Å². The van der Waals surface area contributed by atoms with E-state index in [9.17, 15) is 4.79 Å². The van der Waals surface area contributed by atoms with Crippen molar-refractivity contribution in [2.24, 2.45) is 0 Å². The maximum absolute atomic E-state index is 12.1. The van der Waals surface area contributed by atoms with Crippen molar-refractivity contribution >= 4 is 17.5 Å². The first kappa shape index (κ1) is 14.7. The molecule has 1 aromatic rings. The normalized spacial score (nSPS) is 28.2. The molecular weight excluding hydrogens is 294 g/mol. The minimum absolute atomic E-state index is 0.240. The molecule has 0 aromatic carbocycles. The number of fused-ring (bicyclic) bond motifs is 2. The van der Waals surface area contributed by atoms with Crippen LogP contribution >= 0.6 is 0 Å². The fourth-order valence-corrected chi connectivity index (χ4v) is 3.93. The van der Waals surface area contributed by atoms with Crippen molar-refractivity contribution in [2.45, 2.75) is 31.3 Å². The van der Waals surface area contributed by atoms with Gasteiger partial charge in [-0.1, -0.05) is 0 Å². The van der Waals surface area contributed by atoms with E-state index in [1.165, 1.54) is 0 Å². The Bertz CT molecular complexity index is 590. The first-order valence-corrected chi connectivity index (χ1v) is 8.39. The Morgan fingerprint density at radius 3 is 2.70 bits per heavy atom. The molecule has 7 heteroatoms. The zero-order valence-corrected chi connectivity index (χ0v) is 13.5. The summed E-state index contributed by atoms with van der Waals surface area (Å²) in [4.78, 5) is 27.6. The topological polar surface area (TPSA) is 61.8 Å². The Kier molecular flexibility index (Phi) is 3.80. The molecule has 0 N–H and O–H groups in total. The molecule has 0 aliphatic carbocycles. The highest BCUT2D eigenvalue weighted by atomic mass is 16.5. The van der Waals surface area contributed by atoms with Crippen molar-refractivity contribution in [1.29, 1.82) is 0 Å². The molecule has 0 unspecified atom stereocenters. The number of carbonyl (C=O) groups is 1. The number of hydrogen-bond acceptors (Lipinski definition) is 6. The number of likely N-dealkylation sites (tertiary alicyclic amines) is 1. The van der Waals surface area contributed by atoms with Gasteiger partial charge in [-0.25, -0.2) is 9.97 Å². The SMILES string of the molecule is CN1C[C@@H]2CC[C@H](CC1=O)N2c1cc(N2CCOCC2)ncn1. The van der Waals surface area contributed by atoms with Crippen LogP contribution < -0.4 is 9.80 Å². The standard InChI is InChI=1S/C16H23N5O2/c1-19-10-13-3-2-12(8-16(19)22)21(13)15-9-14(17-11-18-15)20-4-6-23-7-5-20/h9,11-13H,2-8,10H2,1H3/t12-,13+/m1/s1. The summed E-state index contributed by atoms with van der Waals surface area (Å²) < 4.78 is 5.41. The fraction of sp³-hybridized carbons (Fsp3) is 0.688. The van der Waals surface area contributed by atoms with E-state index in [0.717, 1.165) is 57.3 Å². The molecule has 1 aromatic heterocycles. The molecule has 124 valence electrons. The van der Waals surface area contributed by atoms with Crippen LogP contribution in [0.3, 0.4) is 0 Å². The first-order valence-electron chi connectivity index (χ1n) is 8.39. The molecule has 3 aliphatic heterocycles. The molecule has 0 saturated carbocycles. The highest BCUT2D eigenvalue weighted by Gasteiger charge is 2.40. The molecule has 0 spiro atoms. The Balaban J connectivity index is 1.61. The van der Waals surface area contributed by atoms with Gasteiger partial charge in [0.15, 0.2) is 0 Å². The van der Waals surface area contributed by atoms with E-state index >= 15 is 0 Å². The van der Waals surface area contributed by atoms with E-state index < -0.39 is 0 Å². The molecule has 7 nitrogen and oxygen atoms in total. The number of hydrogen-bond donors (Lipinski definition) is 0. The molecule has 4 rings (SSSR count). The number of anilines is 2. The lowest BCUT2D eigenvalue weighted by Crippen LogP contribution is -2.40. The number of rotatable bonds is 2. The third-order valence-electron chi connectivity index (χ3n) is 5.18. The van der Waals surface area contributed by atoms with Gasteiger partial charge >= 0.3 is 0 Å². The van der Waals surface area contributed by atoms with E-state index in [0.29, 0.717) is 12.5 Å². The molecule has 3 saturated heterocycles. The van der Waals surface area contributed by atoms with Crippen LogP contribution in [0.25, 0.3) is 0 Å². The van der Waals surface area contributed by atoms with E-state index in [2.05, 4.69) is 25.8 Å². The Morgan fingerprint density at radius 1 is 1.13 bits per heavy atom. The van der Waals surface area contributed by atoms with Crippen molar-refractivity contribution in [1.82, 2.24) is 14.9 Å². The third kappa shape index (κ3) is 2.73. The number of nitrogens with zero attached hydrogens (tertiary/aromatic N) is 5. The Labute approximate surface area is 136 Å². The molecule has 0 radical (unpaired) electrons. The molecule has 4 heterocycles. The summed E-state index contributed by atoms with van der Waals surface area (Å²) >= 11 is 0. The average Bonchev–Trinajstić information content (AvgIpc) is 2.92. The highest BCUT2D eigenvalue weighted by molar-refractivity contribution is 5.78. The van der Waals surface area contributed by atoms with Crippen LogP contribution in [0.1, 0.15) is 19.3 Å². The van der Waals surface area contributed by atoms with Gasteiger partial charge < -0.3 is 19.4 Å². The third-order valence-corrected chi connectivity index (χ3v) is 5.18. The maximum atomic E-state index is 12.1. The first-order chi connectivity index (χ1) is 11.2. The summed E-state index contributed by atoms with van der Waals surface area (Å²) in [6.07, 6.45) is 4.43. The zero-order valence-electron chi connectivity index (χ0n) is 13.5. The van der Waals surface area contributed by atoms with Crippen LogP contribution in [0.15, 0.2) is 12.4 Å². The van der Waals surface area contributed by atoms with Gasteiger partial charge in [-0.15, -0.1) is 0 Å². The second-order valence-electron chi connectivity index (χ2n) is 6.60. The van der Waals surface area contributed by atoms with Gasteiger partial charge in [0, 0.05) is 51.3 Å². The van der Waals surface area contributed by atoms with Gasteiger partial charge in [0.1, 0.15) is 18.0 Å². The quantitative estimate of drug-likeness (QED) is 0.792. The summed E-state index contributed by atoms with van der Waals surface area (Å²) in [7, 11) is 1.90. The van der Waals surface area contributed by atoms with E-state index in [-0.39, 0.29) is 11.9 Å². The maximum Gasteiger partial charge on any atom is 0.224 e. The molecule has 3 fully saturated rings. The molecule has 1 amide bonds. The number of amides is 1. The summed E-state index contributed by atoms with van der Waals surface area (Å²) in [5, 5.41) is 0. The predicted octanol–water partition coefficient (Wildman–Crippen LogP) is 0.513. The number of likely N-dealkylation sites (N-methyl/N-ethyl adjacent to an activating group) is 1. The van der Waals surface area contributed by atoms with E-state index in [1.54, 1.807) is 6.33 Å². The molecule has 23 heavy (non-hydrogen) atoms. The molecular formula is C16H23N5O2. The smallest absolute Gasteiger partial charge is 0.224 e. The zero-order chi connectivity index (χ0) is 15.8. The lowest BCUT2D eigenvalue weighted by atomic mass is 10.1. The number of ether oxygens (including phenoxy) is 1. The highest BCUT2D eigenvalue weighted by Crippen LogP contribution is 2.34. The summed E-state index contributed by atoms with van der Waals surface area (Å²) in [6, 6.07) is 2.71. The van der Waals surface area contributed by atoms with Crippen LogP contribution in [-0.2, 0) is 9.53 Å². The minimum Gasteiger partial charge on any atom is -0.378 e. The van der Waals surface area contributed by atoms with Crippen LogP contribution in [0.2, 0.25) is 0 Å². The van der Waals surface area contributed by atoms with Gasteiger partial charge in [0.25, 0.3) is 0 Å². The Hall–Kier alpha value is -1.89. The molecule has 2 bridgehead atoms. The monoisotopic (exact) mass is 317 g/mol. The van der Waals surface area contributed by atoms with E-state index in [4.69, 9.17) is 4.74 Å². The number of morpholine rings is 1. The molecule has 2 atom stereocenters. The fourth-order valence-electron chi connectivity index (χ4n) is 3.93.